The highest BCUT2D eigenvalue weighted by molar-refractivity contribution is 6.07. The van der Waals surface area contributed by atoms with E-state index in [1.165, 1.54) is 11.1 Å². The van der Waals surface area contributed by atoms with Gasteiger partial charge in [-0.3, -0.25) is 4.79 Å². The number of fused-ring (bicyclic) bond motifs is 1. The van der Waals surface area contributed by atoms with Crippen LogP contribution in [0.25, 0.3) is 0 Å². The normalized spacial score (nSPS) is 13.7. The lowest BCUT2D eigenvalue weighted by Gasteiger charge is -2.26. The number of nitrogens with zero attached hydrogens (tertiary/aromatic N) is 3. The van der Waals surface area contributed by atoms with Gasteiger partial charge >= 0.3 is 0 Å². The summed E-state index contributed by atoms with van der Waals surface area (Å²) in [7, 11) is 3.67. The highest BCUT2D eigenvalue weighted by Crippen LogP contribution is 2.29. The third-order valence-corrected chi connectivity index (χ3v) is 5.67. The molecule has 0 saturated heterocycles. The quantitative estimate of drug-likeness (QED) is 0.647. The second kappa shape index (κ2) is 7.95. The van der Waals surface area contributed by atoms with Gasteiger partial charge in [0.25, 0.3) is 5.91 Å². The van der Waals surface area contributed by atoms with Gasteiger partial charge in [-0.15, -0.1) is 0 Å². The van der Waals surface area contributed by atoms with Crippen molar-refractivity contribution < 1.29 is 9.53 Å². The van der Waals surface area contributed by atoms with Gasteiger partial charge < -0.3 is 14.5 Å². The van der Waals surface area contributed by atoms with Crippen LogP contribution in [0.5, 0.6) is 5.75 Å². The summed E-state index contributed by atoms with van der Waals surface area (Å²) in [6.07, 6.45) is 2.57. The monoisotopic (exact) mass is 387 g/mol. The SMILES string of the molecule is COc1ccc(C(C)N(C)c2ccc(C(=O)N3CCc4ccccc43)cn2)cc1. The summed E-state index contributed by atoms with van der Waals surface area (Å²) in [6, 6.07) is 20.0. The Labute approximate surface area is 171 Å². The highest BCUT2D eigenvalue weighted by atomic mass is 16.5. The van der Waals surface area contributed by atoms with Crippen molar-refractivity contribution in [3.8, 4) is 5.75 Å². The number of aromatic nitrogens is 1. The molecule has 1 aromatic heterocycles. The molecule has 0 spiro atoms. The van der Waals surface area contributed by atoms with E-state index in [1.54, 1.807) is 13.3 Å². The summed E-state index contributed by atoms with van der Waals surface area (Å²) in [4.78, 5) is 21.5. The van der Waals surface area contributed by atoms with Crippen LogP contribution in [0.2, 0.25) is 0 Å². The lowest BCUT2D eigenvalue weighted by atomic mass is 10.1. The largest absolute Gasteiger partial charge is 0.497 e. The van der Waals surface area contributed by atoms with E-state index in [1.807, 2.05) is 54.4 Å². The maximum atomic E-state index is 13.0. The average Bonchev–Trinajstić information content (AvgIpc) is 3.22. The molecule has 2 aromatic carbocycles. The molecule has 1 atom stereocenters. The zero-order valence-electron chi connectivity index (χ0n) is 17.0. The second-order valence-electron chi connectivity index (χ2n) is 7.30. The van der Waals surface area contributed by atoms with Gasteiger partial charge in [0.2, 0.25) is 0 Å². The van der Waals surface area contributed by atoms with Crippen molar-refractivity contribution >= 4 is 17.4 Å². The number of para-hydroxylation sites is 1. The lowest BCUT2D eigenvalue weighted by Crippen LogP contribution is -2.29. The summed E-state index contributed by atoms with van der Waals surface area (Å²) >= 11 is 0. The molecule has 0 bridgehead atoms. The van der Waals surface area contributed by atoms with Crippen molar-refractivity contribution in [3.05, 3.63) is 83.6 Å². The van der Waals surface area contributed by atoms with Gasteiger partial charge in [-0.25, -0.2) is 4.98 Å². The molecule has 2 heterocycles. The highest BCUT2D eigenvalue weighted by Gasteiger charge is 2.25. The molecule has 1 aliphatic rings. The number of ether oxygens (including phenoxy) is 1. The van der Waals surface area contributed by atoms with Crippen molar-refractivity contribution in [2.45, 2.75) is 19.4 Å². The Balaban J connectivity index is 1.49. The fourth-order valence-electron chi connectivity index (χ4n) is 3.73. The van der Waals surface area contributed by atoms with Crippen LogP contribution in [0.1, 0.15) is 34.5 Å². The molecule has 4 rings (SSSR count). The Morgan fingerprint density at radius 1 is 1.10 bits per heavy atom. The number of pyridine rings is 1. The van der Waals surface area contributed by atoms with E-state index in [0.29, 0.717) is 12.1 Å². The molecular weight excluding hydrogens is 362 g/mol. The number of methoxy groups -OCH3 is 1. The Morgan fingerprint density at radius 3 is 2.55 bits per heavy atom. The molecule has 5 nitrogen and oxygen atoms in total. The Hall–Kier alpha value is -3.34. The molecule has 29 heavy (non-hydrogen) atoms. The molecule has 148 valence electrons. The van der Waals surface area contributed by atoms with Crippen molar-refractivity contribution in [2.75, 3.05) is 30.5 Å². The van der Waals surface area contributed by atoms with Crippen molar-refractivity contribution in [1.82, 2.24) is 4.98 Å². The fraction of sp³-hybridized carbons (Fsp3) is 0.250. The van der Waals surface area contributed by atoms with Crippen LogP contribution in [-0.2, 0) is 6.42 Å². The molecule has 0 N–H and O–H groups in total. The standard InChI is InChI=1S/C24H25N3O2/c1-17(18-8-11-21(29-3)12-9-18)26(2)23-13-10-20(16-25-23)24(28)27-15-14-19-6-4-5-7-22(19)27/h4-13,16-17H,14-15H2,1-3H3. The van der Waals surface area contributed by atoms with Gasteiger partial charge in [-0.2, -0.15) is 0 Å². The van der Waals surface area contributed by atoms with Crippen LogP contribution >= 0.6 is 0 Å². The van der Waals surface area contributed by atoms with Crippen molar-refractivity contribution in [1.29, 1.82) is 0 Å². The number of anilines is 2. The molecule has 3 aromatic rings. The third-order valence-electron chi connectivity index (χ3n) is 5.67. The zero-order chi connectivity index (χ0) is 20.4. The average molecular weight is 387 g/mol. The van der Waals surface area contributed by atoms with Crippen LogP contribution in [0.4, 0.5) is 11.5 Å². The van der Waals surface area contributed by atoms with Gasteiger partial charge in [-0.1, -0.05) is 30.3 Å². The summed E-state index contributed by atoms with van der Waals surface area (Å²) in [5, 5.41) is 0. The maximum Gasteiger partial charge on any atom is 0.259 e. The third kappa shape index (κ3) is 3.68. The van der Waals surface area contributed by atoms with Gasteiger partial charge in [0.05, 0.1) is 18.7 Å². The number of carbonyl (C=O) groups excluding carboxylic acids is 1. The predicted molar refractivity (Wildman–Crippen MR) is 116 cm³/mol. The van der Waals surface area contributed by atoms with Gasteiger partial charge in [0.1, 0.15) is 11.6 Å². The van der Waals surface area contributed by atoms with E-state index >= 15 is 0 Å². The fourth-order valence-corrected chi connectivity index (χ4v) is 3.73. The number of hydrogen-bond donors (Lipinski definition) is 0. The molecular formula is C24H25N3O2. The molecule has 0 fully saturated rings. The predicted octanol–water partition coefficient (Wildman–Crippen LogP) is 4.49. The smallest absolute Gasteiger partial charge is 0.259 e. The first-order chi connectivity index (χ1) is 14.1. The molecule has 5 heteroatoms. The van der Waals surface area contributed by atoms with E-state index in [2.05, 4.69) is 35.0 Å². The molecule has 0 saturated carbocycles. The van der Waals surface area contributed by atoms with Gasteiger partial charge in [0.15, 0.2) is 0 Å². The summed E-state index contributed by atoms with van der Waals surface area (Å²) in [6.45, 7) is 2.85. The summed E-state index contributed by atoms with van der Waals surface area (Å²) < 4.78 is 5.23. The molecule has 0 aliphatic carbocycles. The minimum atomic E-state index is -0.000133. The zero-order valence-corrected chi connectivity index (χ0v) is 17.0. The van der Waals surface area contributed by atoms with Crippen LogP contribution in [0.15, 0.2) is 66.9 Å². The number of carbonyl (C=O) groups is 1. The van der Waals surface area contributed by atoms with Crippen LogP contribution in [0.3, 0.4) is 0 Å². The van der Waals surface area contributed by atoms with Gasteiger partial charge in [-0.05, 0) is 54.8 Å². The molecule has 1 unspecified atom stereocenters. The maximum absolute atomic E-state index is 13.0. The van der Waals surface area contributed by atoms with Crippen molar-refractivity contribution in [2.24, 2.45) is 0 Å². The molecule has 1 aliphatic heterocycles. The van der Waals surface area contributed by atoms with E-state index in [9.17, 15) is 4.79 Å². The minimum Gasteiger partial charge on any atom is -0.497 e. The summed E-state index contributed by atoms with van der Waals surface area (Å²) in [5.74, 6) is 1.67. The van der Waals surface area contributed by atoms with Crippen molar-refractivity contribution in [3.63, 3.8) is 0 Å². The lowest BCUT2D eigenvalue weighted by molar-refractivity contribution is 0.0989. The summed E-state index contributed by atoms with van der Waals surface area (Å²) in [5.41, 5.74) is 4.00. The van der Waals surface area contributed by atoms with E-state index < -0.39 is 0 Å². The first-order valence-electron chi connectivity index (χ1n) is 9.81. The second-order valence-corrected chi connectivity index (χ2v) is 7.30. The first kappa shape index (κ1) is 19.0. The number of rotatable bonds is 5. The van der Waals surface area contributed by atoms with Gasteiger partial charge in [0, 0.05) is 25.5 Å². The number of hydrogen-bond acceptors (Lipinski definition) is 4. The molecule has 1 amide bonds. The Morgan fingerprint density at radius 2 is 1.86 bits per heavy atom. The number of benzene rings is 2. The topological polar surface area (TPSA) is 45.7 Å². The first-order valence-corrected chi connectivity index (χ1v) is 9.81. The number of amides is 1. The Kier molecular flexibility index (Phi) is 5.21. The van der Waals surface area contributed by atoms with E-state index in [0.717, 1.165) is 23.7 Å². The Bertz CT molecular complexity index is 999. The minimum absolute atomic E-state index is 0.000133. The van der Waals surface area contributed by atoms with E-state index in [4.69, 9.17) is 4.74 Å². The van der Waals surface area contributed by atoms with Crippen LogP contribution in [-0.4, -0.2) is 31.6 Å². The van der Waals surface area contributed by atoms with E-state index in [-0.39, 0.29) is 11.9 Å². The molecule has 0 radical (unpaired) electrons. The van der Waals surface area contributed by atoms with Crippen LogP contribution < -0.4 is 14.5 Å². The van der Waals surface area contributed by atoms with Crippen LogP contribution in [0, 0.1) is 0 Å².